The van der Waals surface area contributed by atoms with Gasteiger partial charge in [0.2, 0.25) is 0 Å². The minimum Gasteiger partial charge on any atom is -0.496 e. The molecule has 106 valence electrons. The van der Waals surface area contributed by atoms with Crippen LogP contribution in [0.1, 0.15) is 23.7 Å². The molecule has 0 aliphatic rings. The van der Waals surface area contributed by atoms with Crippen LogP contribution in [0.15, 0.2) is 18.2 Å². The molecule has 0 fully saturated rings. The molecule has 0 unspecified atom stereocenters. The van der Waals surface area contributed by atoms with Crippen LogP contribution < -0.4 is 4.74 Å². The van der Waals surface area contributed by atoms with Crippen molar-refractivity contribution in [3.8, 4) is 5.75 Å². The van der Waals surface area contributed by atoms with E-state index in [4.69, 9.17) is 9.84 Å². The Bertz CT molecular complexity index is 423. The number of rotatable bonds is 8. The Morgan fingerprint density at radius 2 is 2.21 bits per heavy atom. The summed E-state index contributed by atoms with van der Waals surface area (Å²) in [5.74, 6) is -0.261. The topological polar surface area (TPSA) is 49.8 Å². The third-order valence-corrected chi connectivity index (χ3v) is 2.91. The zero-order valence-electron chi connectivity index (χ0n) is 11.4. The average molecular weight is 269 g/mol. The number of carbonyl (C=O) groups is 1. The summed E-state index contributed by atoms with van der Waals surface area (Å²) in [5, 5.41) is 8.80. The third-order valence-electron chi connectivity index (χ3n) is 2.91. The molecule has 0 spiro atoms. The summed E-state index contributed by atoms with van der Waals surface area (Å²) < 4.78 is 18.3. The third kappa shape index (κ3) is 4.61. The van der Waals surface area contributed by atoms with E-state index in [2.05, 4.69) is 0 Å². The van der Waals surface area contributed by atoms with Crippen LogP contribution in [0.5, 0.6) is 5.75 Å². The lowest BCUT2D eigenvalue weighted by molar-refractivity contribution is 0.0925. The van der Waals surface area contributed by atoms with Crippen molar-refractivity contribution in [1.82, 2.24) is 4.90 Å². The number of hydrogen-bond acceptors (Lipinski definition) is 4. The summed E-state index contributed by atoms with van der Waals surface area (Å²) >= 11 is 0. The average Bonchev–Trinajstić information content (AvgIpc) is 2.43. The summed E-state index contributed by atoms with van der Waals surface area (Å²) in [6, 6.07) is 3.91. The Labute approximate surface area is 112 Å². The van der Waals surface area contributed by atoms with Gasteiger partial charge in [0.25, 0.3) is 0 Å². The SMILES string of the molecule is CCN(CCCO)CC(=O)c1cc(F)ccc1OC. The first kappa shape index (κ1) is 15.6. The van der Waals surface area contributed by atoms with Gasteiger partial charge in [-0.25, -0.2) is 4.39 Å². The smallest absolute Gasteiger partial charge is 0.180 e. The maximum Gasteiger partial charge on any atom is 0.180 e. The first-order valence-corrected chi connectivity index (χ1v) is 6.32. The Balaban J connectivity index is 2.78. The van der Waals surface area contributed by atoms with Crippen molar-refractivity contribution < 1.29 is 19.0 Å². The number of nitrogens with zero attached hydrogens (tertiary/aromatic N) is 1. The minimum absolute atomic E-state index is 0.0912. The van der Waals surface area contributed by atoms with Crippen LogP contribution in [0.25, 0.3) is 0 Å². The lowest BCUT2D eigenvalue weighted by Crippen LogP contribution is -2.31. The molecular weight excluding hydrogens is 249 g/mol. The molecule has 0 aliphatic heterocycles. The number of Topliss-reactive ketones (excluding diaryl/α,β-unsaturated/α-hetero) is 1. The largest absolute Gasteiger partial charge is 0.496 e. The van der Waals surface area contributed by atoms with Crippen LogP contribution in [0.3, 0.4) is 0 Å². The Kier molecular flexibility index (Phi) is 6.45. The van der Waals surface area contributed by atoms with E-state index < -0.39 is 5.82 Å². The highest BCUT2D eigenvalue weighted by Gasteiger charge is 2.16. The second kappa shape index (κ2) is 7.86. The van der Waals surface area contributed by atoms with Gasteiger partial charge in [-0.2, -0.15) is 0 Å². The molecule has 1 aromatic carbocycles. The molecule has 5 heteroatoms. The second-order valence-electron chi connectivity index (χ2n) is 4.21. The molecule has 0 bridgehead atoms. The molecule has 0 radical (unpaired) electrons. The zero-order chi connectivity index (χ0) is 14.3. The number of carbonyl (C=O) groups excluding carboxylic acids is 1. The Hall–Kier alpha value is -1.46. The van der Waals surface area contributed by atoms with Gasteiger partial charge in [-0.05, 0) is 31.2 Å². The van der Waals surface area contributed by atoms with E-state index in [1.165, 1.54) is 25.3 Å². The Morgan fingerprint density at radius 1 is 1.47 bits per heavy atom. The molecule has 0 saturated carbocycles. The Morgan fingerprint density at radius 3 is 2.79 bits per heavy atom. The highest BCUT2D eigenvalue weighted by Crippen LogP contribution is 2.20. The van der Waals surface area contributed by atoms with Gasteiger partial charge in [-0.15, -0.1) is 0 Å². The van der Waals surface area contributed by atoms with Crippen molar-refractivity contribution in [3.05, 3.63) is 29.6 Å². The summed E-state index contributed by atoms with van der Waals surface area (Å²) in [6.45, 7) is 3.55. The molecule has 0 amide bonds. The predicted octanol–water partition coefficient (Wildman–Crippen LogP) is 1.72. The summed E-state index contributed by atoms with van der Waals surface area (Å²) in [5.41, 5.74) is 0.255. The molecule has 1 N–H and O–H groups in total. The predicted molar refractivity (Wildman–Crippen MR) is 71.1 cm³/mol. The van der Waals surface area contributed by atoms with E-state index in [1.807, 2.05) is 11.8 Å². The van der Waals surface area contributed by atoms with Gasteiger partial charge in [0.1, 0.15) is 11.6 Å². The first-order chi connectivity index (χ1) is 9.12. The van der Waals surface area contributed by atoms with Crippen LogP contribution in [-0.4, -0.2) is 49.1 Å². The van der Waals surface area contributed by atoms with E-state index in [1.54, 1.807) is 0 Å². The number of benzene rings is 1. The maximum absolute atomic E-state index is 13.2. The van der Waals surface area contributed by atoms with Crippen molar-refractivity contribution in [3.63, 3.8) is 0 Å². The van der Waals surface area contributed by atoms with E-state index in [0.717, 1.165) is 0 Å². The second-order valence-corrected chi connectivity index (χ2v) is 4.21. The number of aliphatic hydroxyl groups excluding tert-OH is 1. The molecule has 19 heavy (non-hydrogen) atoms. The molecule has 0 aliphatic carbocycles. The molecule has 0 heterocycles. The molecule has 0 atom stereocenters. The van der Waals surface area contributed by atoms with Gasteiger partial charge < -0.3 is 9.84 Å². The number of likely N-dealkylation sites (N-methyl/N-ethyl adjacent to an activating group) is 1. The van der Waals surface area contributed by atoms with Crippen molar-refractivity contribution in [2.24, 2.45) is 0 Å². The number of ketones is 1. The lowest BCUT2D eigenvalue weighted by Gasteiger charge is -2.19. The lowest BCUT2D eigenvalue weighted by atomic mass is 10.1. The van der Waals surface area contributed by atoms with Crippen LogP contribution in [-0.2, 0) is 0 Å². The fraction of sp³-hybridized carbons (Fsp3) is 0.500. The fourth-order valence-electron chi connectivity index (χ4n) is 1.83. The summed E-state index contributed by atoms with van der Waals surface area (Å²) in [6.07, 6.45) is 0.613. The summed E-state index contributed by atoms with van der Waals surface area (Å²) in [7, 11) is 1.45. The quantitative estimate of drug-likeness (QED) is 0.730. The van der Waals surface area contributed by atoms with Crippen molar-refractivity contribution in [2.75, 3.05) is 33.4 Å². The number of ether oxygens (including phenoxy) is 1. The standard InChI is InChI=1S/C14H20FNO3/c1-3-16(7-4-8-17)10-13(18)12-9-11(15)5-6-14(12)19-2/h5-6,9,17H,3-4,7-8,10H2,1-2H3. The van der Waals surface area contributed by atoms with Crippen LogP contribution in [0.2, 0.25) is 0 Å². The molecule has 1 rings (SSSR count). The molecule has 1 aromatic rings. The molecule has 0 aromatic heterocycles. The van der Waals surface area contributed by atoms with Crippen molar-refractivity contribution in [1.29, 1.82) is 0 Å². The van der Waals surface area contributed by atoms with Gasteiger partial charge in [-0.1, -0.05) is 6.92 Å². The van der Waals surface area contributed by atoms with Gasteiger partial charge in [-0.3, -0.25) is 9.69 Å². The van der Waals surface area contributed by atoms with Crippen molar-refractivity contribution in [2.45, 2.75) is 13.3 Å². The molecule has 4 nitrogen and oxygen atoms in total. The van der Waals surface area contributed by atoms with Gasteiger partial charge >= 0.3 is 0 Å². The molecule has 0 saturated heterocycles. The zero-order valence-corrected chi connectivity index (χ0v) is 11.4. The molecular formula is C14H20FNO3. The first-order valence-electron chi connectivity index (χ1n) is 6.32. The van der Waals surface area contributed by atoms with Crippen LogP contribution in [0.4, 0.5) is 4.39 Å². The number of methoxy groups -OCH3 is 1. The maximum atomic E-state index is 13.2. The van der Waals surface area contributed by atoms with Crippen molar-refractivity contribution >= 4 is 5.78 Å². The summed E-state index contributed by atoms with van der Waals surface area (Å²) in [4.78, 5) is 14.1. The van der Waals surface area contributed by atoms with Crippen LogP contribution >= 0.6 is 0 Å². The number of hydrogen-bond donors (Lipinski definition) is 1. The monoisotopic (exact) mass is 269 g/mol. The van der Waals surface area contributed by atoms with E-state index in [-0.39, 0.29) is 24.5 Å². The van der Waals surface area contributed by atoms with Crippen LogP contribution in [0, 0.1) is 5.82 Å². The van der Waals surface area contributed by atoms with Gasteiger partial charge in [0.15, 0.2) is 5.78 Å². The normalized spacial score (nSPS) is 10.8. The van der Waals surface area contributed by atoms with E-state index in [0.29, 0.717) is 25.3 Å². The number of halogens is 1. The number of aliphatic hydroxyl groups is 1. The minimum atomic E-state index is -0.456. The fourth-order valence-corrected chi connectivity index (χ4v) is 1.83. The highest BCUT2D eigenvalue weighted by molar-refractivity contribution is 6.00. The van der Waals surface area contributed by atoms with Gasteiger partial charge in [0.05, 0.1) is 19.2 Å². The van der Waals surface area contributed by atoms with E-state index in [9.17, 15) is 9.18 Å². The highest BCUT2D eigenvalue weighted by atomic mass is 19.1. The van der Waals surface area contributed by atoms with E-state index >= 15 is 0 Å². The van der Waals surface area contributed by atoms with Gasteiger partial charge in [0, 0.05) is 13.2 Å².